The molecule has 32 nitrogen and oxygen atoms in total. The molecule has 0 spiro atoms. The summed E-state index contributed by atoms with van der Waals surface area (Å²) in [6, 6.07) is 15.0. The third-order valence-electron chi connectivity index (χ3n) is 16.4. The van der Waals surface area contributed by atoms with Crippen molar-refractivity contribution in [1.82, 2.24) is 69.4 Å². The summed E-state index contributed by atoms with van der Waals surface area (Å²) in [6.45, 7) is 10.8. The number of rotatable bonds is 22. The van der Waals surface area contributed by atoms with Gasteiger partial charge in [-0.2, -0.15) is 28.8 Å². The predicted octanol–water partition coefficient (Wildman–Crippen LogP) is 6.70. The van der Waals surface area contributed by atoms with Gasteiger partial charge in [0.25, 0.3) is 11.8 Å². The van der Waals surface area contributed by atoms with E-state index in [1.54, 1.807) is 119 Å². The summed E-state index contributed by atoms with van der Waals surface area (Å²) in [4.78, 5) is 92.7. The molecule has 6 aliphatic rings. The third kappa shape index (κ3) is 18.0. The van der Waals surface area contributed by atoms with E-state index in [4.69, 9.17) is 27.6 Å². The maximum absolute atomic E-state index is 13.4. The SMILES string of the molecule is COc1ncccc1Nc1cc(N(C(=O)OC(C)(C)C)C2CC2)n2ncc(C(=O)N[C@@H]3C[C@@H]3F)c2n1.COc1ncccc1Nc1cc(N(C(=O)OC(C)(C)C)C2CC2)n2ncc(C(=O)O)c2n1.COc1ncccc1Nc1cc(NC2CC2)n2ncc(C(=O)N[C@@H]3C[C@@H]3F)c2n1.N[I-]C[C@@H]1C[C@@H]1F. The van der Waals surface area contributed by atoms with Crippen LogP contribution in [0.2, 0.25) is 0 Å². The third-order valence-corrected chi connectivity index (χ3v) is 18.0. The first kappa shape index (κ1) is 73.1. The van der Waals surface area contributed by atoms with Crippen molar-refractivity contribution in [2.24, 2.45) is 9.86 Å². The number of anilines is 9. The van der Waals surface area contributed by atoms with Crippen LogP contribution in [0.5, 0.6) is 17.6 Å². The Morgan fingerprint density at radius 3 is 1.28 bits per heavy atom. The van der Waals surface area contributed by atoms with E-state index in [1.807, 2.05) is 12.1 Å². The van der Waals surface area contributed by atoms with Crippen LogP contribution in [0.25, 0.3) is 16.9 Å². The Morgan fingerprint density at radius 1 is 0.567 bits per heavy atom. The number of hydrogen-bond acceptors (Lipinski definition) is 24. The van der Waals surface area contributed by atoms with Crippen molar-refractivity contribution in [2.75, 3.05) is 56.8 Å². The van der Waals surface area contributed by atoms with Gasteiger partial charge < -0.3 is 60.7 Å². The van der Waals surface area contributed by atoms with Crippen molar-refractivity contribution >= 4 is 98.9 Å². The molecule has 9 heterocycles. The van der Waals surface area contributed by atoms with Gasteiger partial charge in [0.15, 0.2) is 16.9 Å². The van der Waals surface area contributed by atoms with Crippen LogP contribution in [0.4, 0.5) is 74.7 Å². The van der Waals surface area contributed by atoms with Gasteiger partial charge in [-0.15, -0.1) is 0 Å². The van der Waals surface area contributed by atoms with E-state index in [9.17, 15) is 42.3 Å². The second-order valence-corrected chi connectivity index (χ2v) is 29.1. The molecular weight excluding hydrogens is 1470 g/mol. The molecule has 104 heavy (non-hydrogen) atoms. The number of methoxy groups -OCH3 is 3. The molecule has 9 aromatic heterocycles. The number of nitrogens with two attached hydrogens (primary N) is 1. The molecule has 0 aromatic carbocycles. The number of aromatic nitrogens is 12. The molecule has 0 aliphatic heterocycles. The molecule has 15 rings (SSSR count). The summed E-state index contributed by atoms with van der Waals surface area (Å²) >= 11 is -0.138. The molecule has 6 atom stereocenters. The van der Waals surface area contributed by atoms with Gasteiger partial charge in [-0.05, 0) is 116 Å². The van der Waals surface area contributed by atoms with Gasteiger partial charge in [0.1, 0.15) is 92.2 Å². The number of pyridine rings is 3. The zero-order valence-corrected chi connectivity index (χ0v) is 60.5. The number of nitrogens with one attached hydrogen (secondary N) is 6. The molecule has 36 heteroatoms. The number of nitrogens with zero attached hydrogens (tertiary/aromatic N) is 14. The first-order valence-electron chi connectivity index (χ1n) is 33.6. The minimum atomic E-state index is -1.18. The Balaban J connectivity index is 0.000000140. The Morgan fingerprint density at radius 2 is 0.942 bits per heavy atom. The predicted molar refractivity (Wildman–Crippen MR) is 372 cm³/mol. The Bertz CT molecular complexity index is 4660. The summed E-state index contributed by atoms with van der Waals surface area (Å²) in [7, 11) is 4.54. The van der Waals surface area contributed by atoms with Crippen molar-refractivity contribution in [3.05, 3.63) is 108 Å². The number of carboxylic acid groups (broad SMARTS) is 1. The first-order valence-corrected chi connectivity index (χ1v) is 36.4. The molecule has 0 bridgehead atoms. The van der Waals surface area contributed by atoms with E-state index >= 15 is 0 Å². The Kier molecular flexibility index (Phi) is 21.6. The van der Waals surface area contributed by atoms with Crippen LogP contribution in [0.3, 0.4) is 0 Å². The number of amides is 4. The van der Waals surface area contributed by atoms with Crippen LogP contribution in [0.1, 0.15) is 130 Å². The Hall–Kier alpha value is -10.7. The average Bonchev–Trinajstić information content (AvgIpc) is 1.63. The molecule has 6 aliphatic carbocycles. The standard InChI is InChI=1S/C24H28FN7O4.C21H24N6O5.C19H20FN7O2.C4H8FIN/c1-24(2,3)36-23(34)31(13-7-8-13)19-11-18(28-16-6-5-9-26-22(16)35-4)30-20-14(12-27-32(19)20)21(33)29-17-10-15(17)25;1-21(2,3)32-20(30)26(12-7-8-12)16-10-15(24-14-6-5-9-22-18(14)31-4)25-17-13(19(28)29)11-23-27(16)17;1-29-19-13(3-2-6-21-19)24-15-8-16(23-10-4-5-10)27-17(26-15)11(9-22-27)18(28)25-14-7-12(14)20;5-4-1-3(4)2-6-7/h5-6,9,11-13,15,17H,7-8,10H2,1-4H3,(H,28,30)(H,29,33);5-6,9-12H,7-8H2,1-4H3,(H,24,25)(H,28,29);2-3,6,8-10,12,14,23H,4-5,7H2,1H3,(H,24,26)(H,25,28);3-4H,1-2,7H2/q;;;-1/t15-,17+;;12-,14+;3-,4-/m0.00/s1. The zero-order valence-electron chi connectivity index (χ0n) is 58.3. The van der Waals surface area contributed by atoms with Gasteiger partial charge in [-0.1, -0.05) is 0 Å². The number of fused-ring (bicyclic) bond motifs is 3. The minimum absolute atomic E-state index is 0.0753. The molecule has 552 valence electrons. The zero-order chi connectivity index (χ0) is 73.9. The van der Waals surface area contributed by atoms with Gasteiger partial charge in [0, 0.05) is 67.8 Å². The van der Waals surface area contributed by atoms with E-state index in [2.05, 4.69) is 77.1 Å². The van der Waals surface area contributed by atoms with Gasteiger partial charge in [-0.3, -0.25) is 19.4 Å². The van der Waals surface area contributed by atoms with Crippen LogP contribution in [-0.2, 0) is 9.47 Å². The second-order valence-electron chi connectivity index (χ2n) is 27.3. The van der Waals surface area contributed by atoms with Crippen LogP contribution < -0.4 is 81.3 Å². The van der Waals surface area contributed by atoms with Crippen molar-refractivity contribution in [3.63, 3.8) is 0 Å². The van der Waals surface area contributed by atoms with Crippen molar-refractivity contribution in [2.45, 2.75) is 159 Å². The van der Waals surface area contributed by atoms with Gasteiger partial charge >= 0.3 is 70.9 Å². The van der Waals surface area contributed by atoms with E-state index in [0.717, 1.165) is 55.2 Å². The topological polar surface area (TPSA) is 386 Å². The normalized spacial score (nSPS) is 19.1. The van der Waals surface area contributed by atoms with Crippen LogP contribution in [0.15, 0.2) is 91.8 Å². The number of carboxylic acids is 1. The fourth-order valence-corrected chi connectivity index (χ4v) is 12.1. The van der Waals surface area contributed by atoms with E-state index in [-0.39, 0.29) is 68.3 Å². The van der Waals surface area contributed by atoms with Gasteiger partial charge in [-0.25, -0.2) is 53.1 Å². The number of ether oxygens (including phenoxy) is 5. The summed E-state index contributed by atoms with van der Waals surface area (Å²) in [5, 5.41) is 40.7. The van der Waals surface area contributed by atoms with Crippen LogP contribution >= 0.6 is 0 Å². The fraction of sp³-hybridized carbons (Fsp3) is 0.441. The fourth-order valence-electron chi connectivity index (χ4n) is 10.5. The molecule has 0 unspecified atom stereocenters. The summed E-state index contributed by atoms with van der Waals surface area (Å²) < 4.78 is 76.4. The quantitative estimate of drug-likeness (QED) is 0.0199. The summed E-state index contributed by atoms with van der Waals surface area (Å²) in [6.07, 6.45) is 12.1. The molecule has 6 saturated carbocycles. The van der Waals surface area contributed by atoms with Crippen LogP contribution in [0, 0.1) is 5.92 Å². The monoisotopic (exact) mass is 1550 g/mol. The summed E-state index contributed by atoms with van der Waals surface area (Å²) in [5.41, 5.74) is 1.37. The number of aromatic carboxylic acids is 1. The van der Waals surface area contributed by atoms with Crippen molar-refractivity contribution in [1.29, 1.82) is 0 Å². The average molecular weight is 1550 g/mol. The molecule has 0 saturated heterocycles. The Labute approximate surface area is 604 Å². The number of halogens is 4. The van der Waals surface area contributed by atoms with Gasteiger partial charge in [0.05, 0.1) is 52.0 Å². The second kappa shape index (κ2) is 30.7. The van der Waals surface area contributed by atoms with E-state index in [0.29, 0.717) is 93.4 Å². The molecule has 9 N–H and O–H groups in total. The molecule has 0 radical (unpaired) electrons. The van der Waals surface area contributed by atoms with E-state index in [1.165, 1.54) is 46.7 Å². The molecular formula is C68H80F3IN21O11-. The number of carbonyl (C=O) groups is 5. The molecule has 9 aromatic rings. The maximum atomic E-state index is 13.4. The first-order chi connectivity index (χ1) is 49.8. The van der Waals surface area contributed by atoms with Gasteiger partial charge in [0.2, 0.25) is 17.6 Å². The molecule has 6 fully saturated rings. The van der Waals surface area contributed by atoms with Crippen molar-refractivity contribution in [3.8, 4) is 17.6 Å². The van der Waals surface area contributed by atoms with E-state index < -0.39 is 65.9 Å². The van der Waals surface area contributed by atoms with Crippen molar-refractivity contribution < 1.29 is 87.4 Å². The molecule has 4 amide bonds. The number of hydrogen-bond donors (Lipinski definition) is 8. The van der Waals surface area contributed by atoms with Crippen LogP contribution in [-0.4, -0.2) is 180 Å². The number of alkyl halides is 4. The number of carbonyl (C=O) groups excluding carboxylic acids is 4. The summed E-state index contributed by atoms with van der Waals surface area (Å²) in [5.74, 6) is 2.05.